The van der Waals surface area contributed by atoms with Crippen LogP contribution in [0.5, 0.6) is 5.75 Å². The predicted molar refractivity (Wildman–Crippen MR) is 113 cm³/mol. The van der Waals surface area contributed by atoms with Gasteiger partial charge in [-0.3, -0.25) is 4.79 Å². The predicted octanol–water partition coefficient (Wildman–Crippen LogP) is 3.25. The first-order chi connectivity index (χ1) is 13.9. The molecule has 0 aromatic heterocycles. The molecule has 1 heterocycles. The Morgan fingerprint density at radius 2 is 1.72 bits per heavy atom. The maximum atomic E-state index is 12.7. The van der Waals surface area contributed by atoms with Crippen molar-refractivity contribution >= 4 is 27.5 Å². The minimum atomic E-state index is -3.54. The number of hydrogen-bond donors (Lipinski definition) is 1. The second kappa shape index (κ2) is 9.61. The Hall–Kier alpha value is -2.09. The van der Waals surface area contributed by atoms with E-state index in [9.17, 15) is 13.2 Å². The lowest BCUT2D eigenvalue weighted by Crippen LogP contribution is -2.46. The van der Waals surface area contributed by atoms with Gasteiger partial charge in [-0.15, -0.1) is 0 Å². The van der Waals surface area contributed by atoms with Gasteiger partial charge in [0.2, 0.25) is 15.9 Å². The molecule has 1 fully saturated rings. The molecule has 0 radical (unpaired) electrons. The normalized spacial score (nSPS) is 15.8. The van der Waals surface area contributed by atoms with Gasteiger partial charge in [0.15, 0.2) is 0 Å². The van der Waals surface area contributed by atoms with E-state index in [1.807, 2.05) is 31.2 Å². The molecular formula is C21H25ClN2O4S. The third-order valence-corrected chi connectivity index (χ3v) is 7.03. The third kappa shape index (κ3) is 5.72. The number of carbonyl (C=O) groups is 1. The lowest BCUT2D eigenvalue weighted by molar-refractivity contribution is -0.121. The van der Waals surface area contributed by atoms with Crippen LogP contribution in [0.2, 0.25) is 5.02 Å². The summed E-state index contributed by atoms with van der Waals surface area (Å²) in [6.07, 6.45) is 1.46. The Bertz CT molecular complexity index is 922. The van der Waals surface area contributed by atoms with Crippen LogP contribution in [-0.4, -0.2) is 44.4 Å². The number of nitrogens with zero attached hydrogens (tertiary/aromatic N) is 1. The number of halogens is 1. The molecule has 1 aliphatic rings. The van der Waals surface area contributed by atoms with Gasteiger partial charge in [0, 0.05) is 24.2 Å². The van der Waals surface area contributed by atoms with E-state index >= 15 is 0 Å². The van der Waals surface area contributed by atoms with E-state index in [2.05, 4.69) is 5.32 Å². The quantitative estimate of drug-likeness (QED) is 0.722. The van der Waals surface area contributed by atoms with Gasteiger partial charge in [-0.1, -0.05) is 23.7 Å². The first-order valence-corrected chi connectivity index (χ1v) is 11.5. The average molecular weight is 437 g/mol. The molecule has 0 atom stereocenters. The largest absolute Gasteiger partial charge is 0.494 e. The van der Waals surface area contributed by atoms with E-state index in [1.54, 1.807) is 12.1 Å². The van der Waals surface area contributed by atoms with Crippen LogP contribution >= 0.6 is 11.6 Å². The molecule has 1 saturated heterocycles. The summed E-state index contributed by atoms with van der Waals surface area (Å²) < 4.78 is 32.3. The number of carbonyl (C=O) groups excluding carboxylic acids is 1. The Morgan fingerprint density at radius 1 is 1.10 bits per heavy atom. The van der Waals surface area contributed by atoms with Crippen molar-refractivity contribution in [1.29, 1.82) is 0 Å². The summed E-state index contributed by atoms with van der Waals surface area (Å²) in [5.74, 6) is 0.721. The standard InChI is InChI=1S/C21H25ClN2O4S/c1-2-28-19-7-3-16(4-8-19)15-21(25)23-18-11-13-24(14-12-18)29(26,27)20-9-5-17(22)6-10-20/h3-10,18H,2,11-15H2,1H3,(H,23,25). The van der Waals surface area contributed by atoms with Crippen molar-refractivity contribution in [3.63, 3.8) is 0 Å². The van der Waals surface area contributed by atoms with Gasteiger partial charge >= 0.3 is 0 Å². The number of ether oxygens (including phenoxy) is 1. The molecule has 0 bridgehead atoms. The first kappa shape index (κ1) is 21.6. The van der Waals surface area contributed by atoms with Gasteiger partial charge in [0.25, 0.3) is 0 Å². The van der Waals surface area contributed by atoms with Crippen molar-refractivity contribution < 1.29 is 17.9 Å². The summed E-state index contributed by atoms with van der Waals surface area (Å²) >= 11 is 5.84. The van der Waals surface area contributed by atoms with Gasteiger partial charge in [0.05, 0.1) is 17.9 Å². The molecule has 6 nitrogen and oxygen atoms in total. The number of piperidine rings is 1. The lowest BCUT2D eigenvalue weighted by Gasteiger charge is -2.31. The van der Waals surface area contributed by atoms with E-state index in [0.29, 0.717) is 37.6 Å². The Balaban J connectivity index is 1.50. The molecule has 156 valence electrons. The molecule has 2 aromatic carbocycles. The zero-order valence-electron chi connectivity index (χ0n) is 16.3. The molecule has 1 N–H and O–H groups in total. The zero-order chi connectivity index (χ0) is 20.9. The van der Waals surface area contributed by atoms with Crippen LogP contribution in [0.3, 0.4) is 0 Å². The number of sulfonamides is 1. The molecule has 0 unspecified atom stereocenters. The molecule has 1 aliphatic heterocycles. The minimum Gasteiger partial charge on any atom is -0.494 e. The van der Waals surface area contributed by atoms with Crippen molar-refractivity contribution in [2.24, 2.45) is 0 Å². The van der Waals surface area contributed by atoms with E-state index in [0.717, 1.165) is 11.3 Å². The minimum absolute atomic E-state index is 0.0261. The molecule has 8 heteroatoms. The number of hydrogen-bond acceptors (Lipinski definition) is 4. The number of amides is 1. The van der Waals surface area contributed by atoms with Crippen LogP contribution in [-0.2, 0) is 21.2 Å². The van der Waals surface area contributed by atoms with Crippen molar-refractivity contribution in [3.8, 4) is 5.75 Å². The van der Waals surface area contributed by atoms with Gasteiger partial charge in [-0.25, -0.2) is 8.42 Å². The molecule has 3 rings (SSSR count). The van der Waals surface area contributed by atoms with Crippen molar-refractivity contribution in [3.05, 3.63) is 59.1 Å². The highest BCUT2D eigenvalue weighted by Gasteiger charge is 2.29. The van der Waals surface area contributed by atoms with Crippen LogP contribution in [0.1, 0.15) is 25.3 Å². The number of nitrogens with one attached hydrogen (secondary N) is 1. The maximum Gasteiger partial charge on any atom is 0.243 e. The number of benzene rings is 2. The fourth-order valence-corrected chi connectivity index (χ4v) is 4.93. The van der Waals surface area contributed by atoms with Crippen LogP contribution < -0.4 is 10.1 Å². The monoisotopic (exact) mass is 436 g/mol. The molecule has 29 heavy (non-hydrogen) atoms. The smallest absolute Gasteiger partial charge is 0.243 e. The van der Waals surface area contributed by atoms with Crippen LogP contribution in [0.15, 0.2) is 53.4 Å². The molecule has 1 amide bonds. The topological polar surface area (TPSA) is 75.7 Å². The molecule has 0 saturated carbocycles. The van der Waals surface area contributed by atoms with Crippen LogP contribution in [0.4, 0.5) is 0 Å². The Morgan fingerprint density at radius 3 is 2.31 bits per heavy atom. The molecule has 0 spiro atoms. The highest BCUT2D eigenvalue weighted by Crippen LogP contribution is 2.22. The van der Waals surface area contributed by atoms with Crippen LogP contribution in [0, 0.1) is 0 Å². The molecule has 2 aromatic rings. The van der Waals surface area contributed by atoms with E-state index in [4.69, 9.17) is 16.3 Å². The third-order valence-electron chi connectivity index (χ3n) is 4.87. The number of rotatable bonds is 7. The van der Waals surface area contributed by atoms with Crippen molar-refractivity contribution in [2.45, 2.75) is 37.1 Å². The fraction of sp³-hybridized carbons (Fsp3) is 0.381. The summed E-state index contributed by atoms with van der Waals surface area (Å²) in [4.78, 5) is 12.6. The van der Waals surface area contributed by atoms with Crippen molar-refractivity contribution in [2.75, 3.05) is 19.7 Å². The highest BCUT2D eigenvalue weighted by atomic mass is 35.5. The fourth-order valence-electron chi connectivity index (χ4n) is 3.33. The van der Waals surface area contributed by atoms with Gasteiger partial charge in [0.1, 0.15) is 5.75 Å². The Labute approximate surface area is 176 Å². The lowest BCUT2D eigenvalue weighted by atomic mass is 10.1. The summed E-state index contributed by atoms with van der Waals surface area (Å²) in [5, 5.41) is 3.52. The summed E-state index contributed by atoms with van der Waals surface area (Å²) in [7, 11) is -3.54. The maximum absolute atomic E-state index is 12.7. The first-order valence-electron chi connectivity index (χ1n) is 9.65. The van der Waals surface area contributed by atoms with Crippen LogP contribution in [0.25, 0.3) is 0 Å². The van der Waals surface area contributed by atoms with E-state index in [1.165, 1.54) is 16.4 Å². The van der Waals surface area contributed by atoms with E-state index < -0.39 is 10.0 Å². The SMILES string of the molecule is CCOc1ccc(CC(=O)NC2CCN(S(=O)(=O)c3ccc(Cl)cc3)CC2)cc1. The molecule has 0 aliphatic carbocycles. The summed E-state index contributed by atoms with van der Waals surface area (Å²) in [5.41, 5.74) is 0.911. The summed E-state index contributed by atoms with van der Waals surface area (Å²) in [6, 6.07) is 13.6. The molecular weight excluding hydrogens is 412 g/mol. The zero-order valence-corrected chi connectivity index (χ0v) is 17.9. The highest BCUT2D eigenvalue weighted by molar-refractivity contribution is 7.89. The second-order valence-corrected chi connectivity index (χ2v) is 9.33. The van der Waals surface area contributed by atoms with Crippen molar-refractivity contribution in [1.82, 2.24) is 9.62 Å². The van der Waals surface area contributed by atoms with Gasteiger partial charge < -0.3 is 10.1 Å². The summed E-state index contributed by atoms with van der Waals surface area (Å²) in [6.45, 7) is 3.28. The van der Waals surface area contributed by atoms with E-state index in [-0.39, 0.29) is 23.3 Å². The van der Waals surface area contributed by atoms with Gasteiger partial charge in [-0.05, 0) is 61.7 Å². The second-order valence-electron chi connectivity index (χ2n) is 6.95. The van der Waals surface area contributed by atoms with Gasteiger partial charge in [-0.2, -0.15) is 4.31 Å². The Kier molecular flexibility index (Phi) is 7.16. The average Bonchev–Trinajstić information content (AvgIpc) is 2.70.